The third-order valence-corrected chi connectivity index (χ3v) is 2.80. The maximum absolute atomic E-state index is 13.0. The number of hydrogen-bond acceptors (Lipinski definition) is 4. The monoisotopic (exact) mass is 292 g/mol. The van der Waals surface area contributed by atoms with E-state index in [0.717, 1.165) is 0 Å². The van der Waals surface area contributed by atoms with Gasteiger partial charge in [-0.2, -0.15) is 0 Å². The summed E-state index contributed by atoms with van der Waals surface area (Å²) in [6.45, 7) is 2.32. The number of furan rings is 1. The standard InChI is InChI=1S/C15H17FN2O3/c1-10(21-13-4-2-3-12(16)6-13)8-18-15(19)11-5-14(7-17)20-9-11/h2-6,9-10H,7-8,17H2,1H3,(H,18,19). The van der Waals surface area contributed by atoms with E-state index in [9.17, 15) is 9.18 Å². The van der Waals surface area contributed by atoms with Crippen LogP contribution in [0.5, 0.6) is 5.75 Å². The van der Waals surface area contributed by atoms with E-state index >= 15 is 0 Å². The van der Waals surface area contributed by atoms with Gasteiger partial charge in [0.1, 0.15) is 29.7 Å². The van der Waals surface area contributed by atoms with E-state index in [2.05, 4.69) is 5.32 Å². The van der Waals surface area contributed by atoms with Gasteiger partial charge in [-0.15, -0.1) is 0 Å². The Morgan fingerprint density at radius 1 is 1.48 bits per heavy atom. The SMILES string of the molecule is CC(CNC(=O)c1coc(CN)c1)Oc1cccc(F)c1. The quantitative estimate of drug-likeness (QED) is 0.854. The van der Waals surface area contributed by atoms with Gasteiger partial charge < -0.3 is 20.2 Å². The molecule has 1 unspecified atom stereocenters. The van der Waals surface area contributed by atoms with Crippen LogP contribution >= 0.6 is 0 Å². The number of hydrogen-bond donors (Lipinski definition) is 2. The first-order valence-corrected chi connectivity index (χ1v) is 6.56. The lowest BCUT2D eigenvalue weighted by Gasteiger charge is -2.15. The van der Waals surface area contributed by atoms with Crippen molar-refractivity contribution in [2.75, 3.05) is 6.54 Å². The molecule has 0 spiro atoms. The topological polar surface area (TPSA) is 77.5 Å². The zero-order valence-electron chi connectivity index (χ0n) is 11.6. The second kappa shape index (κ2) is 6.90. The highest BCUT2D eigenvalue weighted by molar-refractivity contribution is 5.93. The molecule has 1 amide bonds. The van der Waals surface area contributed by atoms with Crippen LogP contribution in [0, 0.1) is 5.82 Å². The first kappa shape index (κ1) is 15.1. The van der Waals surface area contributed by atoms with E-state index in [-0.39, 0.29) is 24.4 Å². The second-order valence-electron chi connectivity index (χ2n) is 4.60. The van der Waals surface area contributed by atoms with E-state index in [4.69, 9.17) is 14.9 Å². The van der Waals surface area contributed by atoms with Crippen LogP contribution < -0.4 is 15.8 Å². The average molecular weight is 292 g/mol. The summed E-state index contributed by atoms with van der Waals surface area (Å²) in [5.41, 5.74) is 5.82. The Hall–Kier alpha value is -2.34. The number of halogens is 1. The normalized spacial score (nSPS) is 12.0. The van der Waals surface area contributed by atoms with Crippen LogP contribution in [0.3, 0.4) is 0 Å². The highest BCUT2D eigenvalue weighted by Gasteiger charge is 2.11. The largest absolute Gasteiger partial charge is 0.489 e. The number of nitrogens with two attached hydrogens (primary N) is 1. The Labute approximate surface area is 121 Å². The molecule has 3 N–H and O–H groups in total. The second-order valence-corrected chi connectivity index (χ2v) is 4.60. The molecule has 0 saturated carbocycles. The predicted molar refractivity (Wildman–Crippen MR) is 75.4 cm³/mol. The summed E-state index contributed by atoms with van der Waals surface area (Å²) in [6, 6.07) is 7.45. The van der Waals surface area contributed by atoms with E-state index < -0.39 is 0 Å². The van der Waals surface area contributed by atoms with Crippen molar-refractivity contribution < 1.29 is 18.3 Å². The highest BCUT2D eigenvalue weighted by atomic mass is 19.1. The molecular weight excluding hydrogens is 275 g/mol. The van der Waals surface area contributed by atoms with Gasteiger partial charge in [-0.1, -0.05) is 6.07 Å². The number of rotatable bonds is 6. The lowest BCUT2D eigenvalue weighted by atomic mass is 10.2. The van der Waals surface area contributed by atoms with Crippen LogP contribution in [-0.4, -0.2) is 18.6 Å². The number of carbonyl (C=O) groups is 1. The van der Waals surface area contributed by atoms with Gasteiger partial charge in [0.15, 0.2) is 0 Å². The molecule has 6 heteroatoms. The van der Waals surface area contributed by atoms with E-state index in [1.165, 1.54) is 18.4 Å². The number of amides is 1. The summed E-state index contributed by atoms with van der Waals surface area (Å²) < 4.78 is 23.6. The fraction of sp³-hybridized carbons (Fsp3) is 0.267. The van der Waals surface area contributed by atoms with Gasteiger partial charge >= 0.3 is 0 Å². The van der Waals surface area contributed by atoms with Crippen molar-refractivity contribution in [2.24, 2.45) is 5.73 Å². The van der Waals surface area contributed by atoms with Gasteiger partial charge in [0.2, 0.25) is 0 Å². The summed E-state index contributed by atoms with van der Waals surface area (Å²) in [5.74, 6) is 0.333. The zero-order valence-corrected chi connectivity index (χ0v) is 11.6. The van der Waals surface area contributed by atoms with Gasteiger partial charge in [0.05, 0.1) is 18.7 Å². The van der Waals surface area contributed by atoms with Crippen molar-refractivity contribution in [1.29, 1.82) is 0 Å². The van der Waals surface area contributed by atoms with Crippen LogP contribution in [0.15, 0.2) is 41.0 Å². The molecule has 21 heavy (non-hydrogen) atoms. The minimum absolute atomic E-state index is 0.242. The zero-order chi connectivity index (χ0) is 15.2. The maximum atomic E-state index is 13.0. The van der Waals surface area contributed by atoms with E-state index in [1.807, 2.05) is 0 Å². The third-order valence-electron chi connectivity index (χ3n) is 2.80. The van der Waals surface area contributed by atoms with Crippen LogP contribution in [0.2, 0.25) is 0 Å². The molecule has 0 aliphatic heterocycles. The number of nitrogens with one attached hydrogen (secondary N) is 1. The molecule has 112 valence electrons. The summed E-state index contributed by atoms with van der Waals surface area (Å²) in [4.78, 5) is 11.9. The summed E-state index contributed by atoms with van der Waals surface area (Å²) >= 11 is 0. The molecular formula is C15H17FN2O3. The number of ether oxygens (including phenoxy) is 1. The smallest absolute Gasteiger partial charge is 0.254 e. The van der Waals surface area contributed by atoms with Crippen LogP contribution in [0.1, 0.15) is 23.0 Å². The van der Waals surface area contributed by atoms with Gasteiger partial charge in [-0.25, -0.2) is 4.39 Å². The van der Waals surface area contributed by atoms with Crippen LogP contribution in [0.4, 0.5) is 4.39 Å². The highest BCUT2D eigenvalue weighted by Crippen LogP contribution is 2.13. The summed E-state index contributed by atoms with van der Waals surface area (Å²) in [6.07, 6.45) is 1.06. The molecule has 0 bridgehead atoms. The van der Waals surface area contributed by atoms with E-state index in [1.54, 1.807) is 25.1 Å². The molecule has 1 aromatic carbocycles. The Kier molecular flexibility index (Phi) is 4.94. The molecule has 0 aliphatic rings. The molecule has 0 fully saturated rings. The molecule has 2 aromatic rings. The first-order valence-electron chi connectivity index (χ1n) is 6.56. The number of carbonyl (C=O) groups excluding carboxylic acids is 1. The summed E-state index contributed by atoms with van der Waals surface area (Å²) in [5, 5.41) is 2.71. The lowest BCUT2D eigenvalue weighted by molar-refractivity contribution is 0.0931. The fourth-order valence-electron chi connectivity index (χ4n) is 1.76. The molecule has 5 nitrogen and oxygen atoms in total. The van der Waals surface area contributed by atoms with Gasteiger partial charge in [0.25, 0.3) is 5.91 Å². The molecule has 0 aliphatic carbocycles. The Bertz CT molecular complexity index is 612. The van der Waals surface area contributed by atoms with Crippen molar-refractivity contribution >= 4 is 5.91 Å². The maximum Gasteiger partial charge on any atom is 0.254 e. The minimum atomic E-state index is -0.364. The molecule has 1 atom stereocenters. The van der Waals surface area contributed by atoms with Crippen LogP contribution in [-0.2, 0) is 6.54 Å². The Morgan fingerprint density at radius 2 is 2.29 bits per heavy atom. The van der Waals surface area contributed by atoms with Crippen LogP contribution in [0.25, 0.3) is 0 Å². The van der Waals surface area contributed by atoms with Crippen molar-refractivity contribution in [1.82, 2.24) is 5.32 Å². The molecule has 1 heterocycles. The van der Waals surface area contributed by atoms with Crippen molar-refractivity contribution in [3.8, 4) is 5.75 Å². The average Bonchev–Trinajstić information content (AvgIpc) is 2.94. The molecule has 0 saturated heterocycles. The lowest BCUT2D eigenvalue weighted by Crippen LogP contribution is -2.33. The van der Waals surface area contributed by atoms with E-state index in [0.29, 0.717) is 23.6 Å². The molecule has 0 radical (unpaired) electrons. The fourth-order valence-corrected chi connectivity index (χ4v) is 1.76. The molecule has 1 aromatic heterocycles. The van der Waals surface area contributed by atoms with Crippen molar-refractivity contribution in [3.63, 3.8) is 0 Å². The summed E-state index contributed by atoms with van der Waals surface area (Å²) in [7, 11) is 0. The number of benzene rings is 1. The minimum Gasteiger partial charge on any atom is -0.489 e. The first-order chi connectivity index (χ1) is 10.1. The van der Waals surface area contributed by atoms with Gasteiger partial charge in [-0.05, 0) is 25.1 Å². The molecule has 2 rings (SSSR count). The van der Waals surface area contributed by atoms with Gasteiger partial charge in [0, 0.05) is 6.07 Å². The third kappa shape index (κ3) is 4.32. The Morgan fingerprint density at radius 3 is 2.95 bits per heavy atom. The van der Waals surface area contributed by atoms with Crippen molar-refractivity contribution in [3.05, 3.63) is 53.7 Å². The predicted octanol–water partition coefficient (Wildman–Crippen LogP) is 2.07. The Balaban J connectivity index is 1.83. The van der Waals surface area contributed by atoms with Gasteiger partial charge in [-0.3, -0.25) is 4.79 Å². The van der Waals surface area contributed by atoms with Crippen molar-refractivity contribution in [2.45, 2.75) is 19.6 Å².